The van der Waals surface area contributed by atoms with Crippen LogP contribution in [0.1, 0.15) is 5.56 Å². The Kier molecular flexibility index (Phi) is 4.67. The largest absolute Gasteiger partial charge is 0.497 e. The van der Waals surface area contributed by atoms with Gasteiger partial charge >= 0.3 is 0 Å². The van der Waals surface area contributed by atoms with Crippen LogP contribution in [-0.4, -0.2) is 14.2 Å². The van der Waals surface area contributed by atoms with Crippen LogP contribution in [0.15, 0.2) is 58.3 Å². The van der Waals surface area contributed by atoms with Crippen LogP contribution in [0.2, 0.25) is 0 Å². The van der Waals surface area contributed by atoms with E-state index in [9.17, 15) is 0 Å². The Morgan fingerprint density at radius 1 is 1.06 bits per heavy atom. The molecule has 0 spiro atoms. The molecule has 0 aliphatic heterocycles. The molecular formula is C15H17NOS. The van der Waals surface area contributed by atoms with Crippen LogP contribution in [0.3, 0.4) is 0 Å². The van der Waals surface area contributed by atoms with Crippen LogP contribution in [0.25, 0.3) is 0 Å². The summed E-state index contributed by atoms with van der Waals surface area (Å²) in [5.74, 6) is 0.895. The van der Waals surface area contributed by atoms with Crippen LogP contribution < -0.4 is 10.1 Å². The summed E-state index contributed by atoms with van der Waals surface area (Å²) in [7, 11) is 3.65. The molecule has 0 radical (unpaired) electrons. The van der Waals surface area contributed by atoms with Gasteiger partial charge in [0.15, 0.2) is 0 Å². The second kappa shape index (κ2) is 6.47. The maximum absolute atomic E-state index is 5.22. The lowest BCUT2D eigenvalue weighted by atomic mass is 10.2. The third-order valence-electron chi connectivity index (χ3n) is 2.58. The van der Waals surface area contributed by atoms with Crippen molar-refractivity contribution >= 4 is 11.8 Å². The highest BCUT2D eigenvalue weighted by molar-refractivity contribution is 7.99. The molecule has 0 aliphatic rings. The van der Waals surface area contributed by atoms with Gasteiger partial charge in [0.2, 0.25) is 0 Å². The molecule has 0 fully saturated rings. The Balaban J connectivity index is 2.08. The van der Waals surface area contributed by atoms with Crippen LogP contribution in [0.4, 0.5) is 0 Å². The Morgan fingerprint density at radius 3 is 2.50 bits per heavy atom. The minimum absolute atomic E-state index is 0.895. The SMILES string of the molecule is CNCc1ccc(Sc2cccc(OC)c2)cc1. The quantitative estimate of drug-likeness (QED) is 0.887. The van der Waals surface area contributed by atoms with Gasteiger partial charge in [0.25, 0.3) is 0 Å². The second-order valence-electron chi connectivity index (χ2n) is 3.96. The molecular weight excluding hydrogens is 242 g/mol. The minimum atomic E-state index is 0.895. The third kappa shape index (κ3) is 3.52. The number of hydrogen-bond donors (Lipinski definition) is 1. The van der Waals surface area contributed by atoms with Gasteiger partial charge in [-0.05, 0) is 42.9 Å². The zero-order valence-corrected chi connectivity index (χ0v) is 11.5. The number of methoxy groups -OCH3 is 1. The maximum atomic E-state index is 5.22. The summed E-state index contributed by atoms with van der Waals surface area (Å²) >= 11 is 1.74. The van der Waals surface area contributed by atoms with Crippen LogP contribution in [-0.2, 0) is 6.54 Å². The molecule has 18 heavy (non-hydrogen) atoms. The molecule has 2 rings (SSSR count). The number of nitrogens with one attached hydrogen (secondary N) is 1. The first kappa shape index (κ1) is 13.0. The lowest BCUT2D eigenvalue weighted by molar-refractivity contribution is 0.413. The minimum Gasteiger partial charge on any atom is -0.497 e. The van der Waals surface area contributed by atoms with E-state index >= 15 is 0 Å². The first-order valence-electron chi connectivity index (χ1n) is 5.87. The fourth-order valence-corrected chi connectivity index (χ4v) is 2.55. The summed E-state index contributed by atoms with van der Waals surface area (Å²) in [6, 6.07) is 16.7. The van der Waals surface area contributed by atoms with Gasteiger partial charge in [-0.25, -0.2) is 0 Å². The summed E-state index contributed by atoms with van der Waals surface area (Å²) in [5, 5.41) is 3.14. The number of benzene rings is 2. The molecule has 0 amide bonds. The van der Waals surface area contributed by atoms with E-state index in [1.54, 1.807) is 18.9 Å². The molecule has 0 saturated carbocycles. The van der Waals surface area contributed by atoms with E-state index in [-0.39, 0.29) is 0 Å². The van der Waals surface area contributed by atoms with Crippen molar-refractivity contribution in [2.75, 3.05) is 14.2 Å². The molecule has 0 bridgehead atoms. The Hall–Kier alpha value is -1.45. The molecule has 94 valence electrons. The highest BCUT2D eigenvalue weighted by atomic mass is 32.2. The van der Waals surface area contributed by atoms with Gasteiger partial charge in [-0.3, -0.25) is 0 Å². The molecule has 2 aromatic rings. The van der Waals surface area contributed by atoms with Gasteiger partial charge in [0, 0.05) is 16.3 Å². The van der Waals surface area contributed by atoms with Crippen LogP contribution >= 0.6 is 11.8 Å². The number of ether oxygens (including phenoxy) is 1. The predicted molar refractivity (Wildman–Crippen MR) is 76.3 cm³/mol. The van der Waals surface area contributed by atoms with Gasteiger partial charge in [0.05, 0.1) is 7.11 Å². The van der Waals surface area contributed by atoms with Crippen molar-refractivity contribution in [1.82, 2.24) is 5.32 Å². The molecule has 1 N–H and O–H groups in total. The molecule has 0 aromatic heterocycles. The average molecular weight is 259 g/mol. The van der Waals surface area contributed by atoms with Gasteiger partial charge in [-0.2, -0.15) is 0 Å². The van der Waals surface area contributed by atoms with E-state index in [1.165, 1.54) is 15.4 Å². The Bertz CT molecular complexity index is 496. The molecule has 0 heterocycles. The Morgan fingerprint density at radius 2 is 1.83 bits per heavy atom. The molecule has 0 aliphatic carbocycles. The van der Waals surface area contributed by atoms with E-state index in [1.807, 2.05) is 25.2 Å². The van der Waals surface area contributed by atoms with E-state index < -0.39 is 0 Å². The second-order valence-corrected chi connectivity index (χ2v) is 5.10. The predicted octanol–water partition coefficient (Wildman–Crippen LogP) is 3.57. The monoisotopic (exact) mass is 259 g/mol. The fourth-order valence-electron chi connectivity index (χ4n) is 1.68. The Labute approximate surface area is 112 Å². The van der Waals surface area contributed by atoms with E-state index in [4.69, 9.17) is 4.74 Å². The normalized spacial score (nSPS) is 10.3. The van der Waals surface area contributed by atoms with Crippen molar-refractivity contribution in [2.45, 2.75) is 16.3 Å². The third-order valence-corrected chi connectivity index (χ3v) is 3.58. The lowest BCUT2D eigenvalue weighted by Gasteiger charge is -2.05. The maximum Gasteiger partial charge on any atom is 0.119 e. The van der Waals surface area contributed by atoms with E-state index in [0.717, 1.165) is 12.3 Å². The van der Waals surface area contributed by atoms with E-state index in [2.05, 4.69) is 35.6 Å². The van der Waals surface area contributed by atoms with Crippen molar-refractivity contribution in [3.05, 3.63) is 54.1 Å². The molecule has 3 heteroatoms. The van der Waals surface area contributed by atoms with E-state index in [0.29, 0.717) is 0 Å². The zero-order chi connectivity index (χ0) is 12.8. The van der Waals surface area contributed by atoms with Crippen LogP contribution in [0.5, 0.6) is 5.75 Å². The van der Waals surface area contributed by atoms with Gasteiger partial charge in [-0.1, -0.05) is 30.0 Å². The lowest BCUT2D eigenvalue weighted by Crippen LogP contribution is -2.04. The van der Waals surface area contributed by atoms with Crippen LogP contribution in [0, 0.1) is 0 Å². The topological polar surface area (TPSA) is 21.3 Å². The van der Waals surface area contributed by atoms with Crippen molar-refractivity contribution < 1.29 is 4.74 Å². The fraction of sp³-hybridized carbons (Fsp3) is 0.200. The van der Waals surface area contributed by atoms with Crippen molar-refractivity contribution in [1.29, 1.82) is 0 Å². The summed E-state index contributed by atoms with van der Waals surface area (Å²) in [5.41, 5.74) is 1.30. The number of hydrogen-bond acceptors (Lipinski definition) is 3. The van der Waals surface area contributed by atoms with Crippen molar-refractivity contribution in [3.63, 3.8) is 0 Å². The standard InChI is InChI=1S/C15H17NOS/c1-16-11-12-6-8-14(9-7-12)18-15-5-3-4-13(10-15)17-2/h3-10,16H,11H2,1-2H3. The summed E-state index contributed by atoms with van der Waals surface area (Å²) < 4.78 is 5.22. The molecule has 2 aromatic carbocycles. The zero-order valence-electron chi connectivity index (χ0n) is 10.6. The molecule has 0 saturated heterocycles. The average Bonchev–Trinajstić information content (AvgIpc) is 2.42. The van der Waals surface area contributed by atoms with Gasteiger partial charge < -0.3 is 10.1 Å². The molecule has 2 nitrogen and oxygen atoms in total. The number of rotatable bonds is 5. The van der Waals surface area contributed by atoms with Crippen molar-refractivity contribution in [3.8, 4) is 5.75 Å². The van der Waals surface area contributed by atoms with Gasteiger partial charge in [0.1, 0.15) is 5.75 Å². The van der Waals surface area contributed by atoms with Gasteiger partial charge in [-0.15, -0.1) is 0 Å². The highest BCUT2D eigenvalue weighted by Crippen LogP contribution is 2.29. The molecule has 0 atom stereocenters. The first-order valence-corrected chi connectivity index (χ1v) is 6.69. The summed E-state index contributed by atoms with van der Waals surface area (Å²) in [4.78, 5) is 2.43. The molecule has 0 unspecified atom stereocenters. The summed E-state index contributed by atoms with van der Waals surface area (Å²) in [6.45, 7) is 0.907. The highest BCUT2D eigenvalue weighted by Gasteiger charge is 1.99. The smallest absolute Gasteiger partial charge is 0.119 e. The van der Waals surface area contributed by atoms with Crippen molar-refractivity contribution in [2.24, 2.45) is 0 Å². The summed E-state index contributed by atoms with van der Waals surface area (Å²) in [6.07, 6.45) is 0. The first-order chi connectivity index (χ1) is 8.81.